The molecule has 0 unspecified atom stereocenters. The van der Waals surface area contributed by atoms with E-state index in [2.05, 4.69) is 116 Å². The number of halogens is 1. The molecule has 0 aliphatic carbocycles. The van der Waals surface area contributed by atoms with Gasteiger partial charge >= 0.3 is 0 Å². The lowest BCUT2D eigenvalue weighted by molar-refractivity contribution is 1.11. The van der Waals surface area contributed by atoms with Crippen LogP contribution in [0.1, 0.15) is 0 Å². The Morgan fingerprint density at radius 2 is 1.30 bits per heavy atom. The Labute approximate surface area is 181 Å². The van der Waals surface area contributed by atoms with Gasteiger partial charge in [0.2, 0.25) is 0 Å². The molecule has 0 N–H and O–H groups in total. The lowest BCUT2D eigenvalue weighted by atomic mass is 9.95. The van der Waals surface area contributed by atoms with Crippen LogP contribution in [0.3, 0.4) is 0 Å². The van der Waals surface area contributed by atoms with Gasteiger partial charge < -0.3 is 0 Å². The highest BCUT2D eigenvalue weighted by atomic mass is 79.9. The summed E-state index contributed by atoms with van der Waals surface area (Å²) in [6.45, 7) is 0. The maximum absolute atomic E-state index is 4.54. The van der Waals surface area contributed by atoms with E-state index in [1.165, 1.54) is 27.3 Å². The van der Waals surface area contributed by atoms with Crippen LogP contribution >= 0.6 is 15.9 Å². The monoisotopic (exact) mass is 449 g/mol. The number of aromatic nitrogens is 3. The molecule has 0 aliphatic heterocycles. The fraction of sp³-hybridized carbons (Fsp3) is 0. The molecule has 2 heterocycles. The van der Waals surface area contributed by atoms with Crippen LogP contribution in [0.2, 0.25) is 0 Å². The molecular weight excluding hydrogens is 434 g/mol. The van der Waals surface area contributed by atoms with Gasteiger partial charge in [-0.25, -0.2) is 0 Å². The van der Waals surface area contributed by atoms with Crippen LogP contribution in [0, 0.1) is 0 Å². The van der Waals surface area contributed by atoms with Crippen LogP contribution in [0.5, 0.6) is 0 Å². The normalized spacial score (nSPS) is 11.5. The van der Waals surface area contributed by atoms with Gasteiger partial charge in [0.15, 0.2) is 11.5 Å². The molecule has 0 radical (unpaired) electrons. The largest absolute Gasteiger partial charge is 0.281 e. The third-order valence-electron chi connectivity index (χ3n) is 5.59. The summed E-state index contributed by atoms with van der Waals surface area (Å²) in [6.07, 6.45) is 2.18. The number of hydrogen-bond donors (Lipinski definition) is 0. The molecule has 4 heteroatoms. The van der Waals surface area contributed by atoms with Crippen molar-refractivity contribution < 1.29 is 0 Å². The molecule has 2 aromatic heterocycles. The summed E-state index contributed by atoms with van der Waals surface area (Å²) in [4.78, 5) is 0. The van der Waals surface area contributed by atoms with Gasteiger partial charge in [0.05, 0.1) is 0 Å². The van der Waals surface area contributed by atoms with Crippen molar-refractivity contribution in [1.29, 1.82) is 0 Å². The average molecular weight is 450 g/mol. The molecule has 0 bridgehead atoms. The van der Waals surface area contributed by atoms with Gasteiger partial charge in [-0.1, -0.05) is 94.8 Å². The van der Waals surface area contributed by atoms with Crippen LogP contribution in [0.4, 0.5) is 0 Å². The van der Waals surface area contributed by atoms with Crippen LogP contribution in [-0.2, 0) is 0 Å². The van der Waals surface area contributed by atoms with Crippen molar-refractivity contribution in [2.24, 2.45) is 0 Å². The summed E-state index contributed by atoms with van der Waals surface area (Å²) in [6, 6.07) is 31.6. The maximum atomic E-state index is 4.54. The maximum Gasteiger partial charge on any atom is 0.169 e. The Balaban J connectivity index is 1.73. The fourth-order valence-corrected chi connectivity index (χ4v) is 4.44. The molecular formula is C26H16BrN3. The zero-order valence-electron chi connectivity index (χ0n) is 16.0. The smallest absolute Gasteiger partial charge is 0.169 e. The zero-order valence-corrected chi connectivity index (χ0v) is 17.5. The Morgan fingerprint density at radius 1 is 0.600 bits per heavy atom. The third-order valence-corrected chi connectivity index (χ3v) is 6.12. The molecule has 0 fully saturated rings. The third kappa shape index (κ3) is 2.65. The highest BCUT2D eigenvalue weighted by Crippen LogP contribution is 2.36. The molecule has 3 nitrogen and oxygen atoms in total. The number of rotatable bonds is 2. The number of hydrogen-bond acceptors (Lipinski definition) is 2. The predicted molar refractivity (Wildman–Crippen MR) is 127 cm³/mol. The quantitative estimate of drug-likeness (QED) is 0.281. The molecule has 6 rings (SSSR count). The van der Waals surface area contributed by atoms with Gasteiger partial charge in [-0.2, -0.15) is 0 Å². The Morgan fingerprint density at radius 3 is 2.13 bits per heavy atom. The highest BCUT2D eigenvalue weighted by Gasteiger charge is 2.15. The van der Waals surface area contributed by atoms with E-state index in [4.69, 9.17) is 0 Å². The minimum Gasteiger partial charge on any atom is -0.281 e. The van der Waals surface area contributed by atoms with Crippen molar-refractivity contribution in [3.8, 4) is 22.5 Å². The van der Waals surface area contributed by atoms with Gasteiger partial charge in [-0.15, -0.1) is 10.2 Å². The summed E-state index contributed by atoms with van der Waals surface area (Å²) in [5, 5.41) is 13.8. The average Bonchev–Trinajstić information content (AvgIpc) is 3.23. The number of pyridine rings is 1. The fourth-order valence-electron chi connectivity index (χ4n) is 4.18. The van der Waals surface area contributed by atoms with E-state index in [0.29, 0.717) is 0 Å². The second-order valence-electron chi connectivity index (χ2n) is 7.34. The highest BCUT2D eigenvalue weighted by molar-refractivity contribution is 9.10. The van der Waals surface area contributed by atoms with Crippen molar-refractivity contribution >= 4 is 43.1 Å². The minimum absolute atomic E-state index is 0.838. The molecule has 0 amide bonds. The summed E-state index contributed by atoms with van der Waals surface area (Å²) >= 11 is 3.51. The Bertz CT molecular complexity index is 1540. The molecule has 0 atom stereocenters. The first kappa shape index (κ1) is 17.4. The summed E-state index contributed by atoms with van der Waals surface area (Å²) < 4.78 is 3.16. The molecule has 142 valence electrons. The van der Waals surface area contributed by atoms with Crippen LogP contribution < -0.4 is 0 Å². The summed E-state index contributed by atoms with van der Waals surface area (Å²) in [7, 11) is 0. The van der Waals surface area contributed by atoms with Crippen LogP contribution in [0.15, 0.2) is 102 Å². The first-order chi connectivity index (χ1) is 14.8. The molecule has 30 heavy (non-hydrogen) atoms. The topological polar surface area (TPSA) is 30.2 Å². The Kier molecular flexibility index (Phi) is 3.93. The van der Waals surface area contributed by atoms with Gasteiger partial charge in [0.25, 0.3) is 0 Å². The second-order valence-corrected chi connectivity index (χ2v) is 8.25. The summed E-state index contributed by atoms with van der Waals surface area (Å²) in [5.41, 5.74) is 4.28. The first-order valence-corrected chi connectivity index (χ1v) is 10.6. The van der Waals surface area contributed by atoms with Crippen molar-refractivity contribution in [1.82, 2.24) is 14.6 Å². The van der Waals surface area contributed by atoms with E-state index in [9.17, 15) is 0 Å². The molecule has 0 saturated carbocycles. The first-order valence-electron chi connectivity index (χ1n) is 9.80. The number of benzene rings is 4. The standard InChI is InChI=1S/C26H16BrN3/c27-19-14-12-18(13-15-19)25-28-29-26-23-10-4-3-9-22(23)24(16-30(25)26)21-11-5-7-17-6-1-2-8-20(17)21/h1-16H. The van der Waals surface area contributed by atoms with E-state index < -0.39 is 0 Å². The van der Waals surface area contributed by atoms with Crippen molar-refractivity contribution in [2.45, 2.75) is 0 Å². The second kappa shape index (κ2) is 6.78. The van der Waals surface area contributed by atoms with E-state index in [-0.39, 0.29) is 0 Å². The SMILES string of the molecule is Brc1ccc(-c2nnc3c4ccccc4c(-c4cccc5ccccc45)cn23)cc1. The van der Waals surface area contributed by atoms with Crippen molar-refractivity contribution in [3.05, 3.63) is 102 Å². The van der Waals surface area contributed by atoms with Gasteiger partial charge in [-0.3, -0.25) is 4.40 Å². The van der Waals surface area contributed by atoms with E-state index in [1.54, 1.807) is 0 Å². The van der Waals surface area contributed by atoms with Gasteiger partial charge in [0, 0.05) is 27.2 Å². The molecule has 4 aromatic carbocycles. The lowest BCUT2D eigenvalue weighted by Gasteiger charge is -2.12. The minimum atomic E-state index is 0.838. The molecule has 0 saturated heterocycles. The summed E-state index contributed by atoms with van der Waals surface area (Å²) in [5.74, 6) is 0.838. The lowest BCUT2D eigenvalue weighted by Crippen LogP contribution is -1.94. The number of fused-ring (bicyclic) bond motifs is 4. The van der Waals surface area contributed by atoms with E-state index in [0.717, 1.165) is 26.9 Å². The molecule has 0 aliphatic rings. The molecule has 0 spiro atoms. The zero-order chi connectivity index (χ0) is 20.1. The van der Waals surface area contributed by atoms with Gasteiger partial charge in [0.1, 0.15) is 0 Å². The van der Waals surface area contributed by atoms with Crippen molar-refractivity contribution in [2.75, 3.05) is 0 Å². The van der Waals surface area contributed by atoms with E-state index >= 15 is 0 Å². The predicted octanol–water partition coefficient (Wildman–Crippen LogP) is 7.13. The van der Waals surface area contributed by atoms with Crippen LogP contribution in [-0.4, -0.2) is 14.6 Å². The van der Waals surface area contributed by atoms with Gasteiger partial charge in [-0.05, 0) is 33.9 Å². The van der Waals surface area contributed by atoms with E-state index in [1.807, 2.05) is 12.1 Å². The van der Waals surface area contributed by atoms with Crippen LogP contribution in [0.25, 0.3) is 49.7 Å². The Hall–Kier alpha value is -3.50. The molecule has 6 aromatic rings. The number of nitrogens with zero attached hydrogens (tertiary/aromatic N) is 3. The van der Waals surface area contributed by atoms with Crippen molar-refractivity contribution in [3.63, 3.8) is 0 Å².